The van der Waals surface area contributed by atoms with E-state index >= 15 is 0 Å². The zero-order valence-corrected chi connectivity index (χ0v) is 95.1. The third kappa shape index (κ3) is 82.8. The number of nitrogens with one attached hydrogen (secondary N) is 3. The molecular formula is C122H226N6O15. The Morgan fingerprint density at radius 2 is 0.392 bits per heavy atom. The van der Waals surface area contributed by atoms with Crippen LogP contribution in [0.25, 0.3) is 0 Å². The topological polar surface area (TPSA) is 255 Å². The molecule has 834 valence electrons. The van der Waals surface area contributed by atoms with Crippen molar-refractivity contribution in [1.82, 2.24) is 30.7 Å². The van der Waals surface area contributed by atoms with Gasteiger partial charge in [-0.05, 0) is 301 Å². The van der Waals surface area contributed by atoms with E-state index in [0.717, 1.165) is 469 Å². The summed E-state index contributed by atoms with van der Waals surface area (Å²) in [4.78, 5) is 127. The summed E-state index contributed by atoms with van der Waals surface area (Å²) in [7, 11) is 0. The van der Waals surface area contributed by atoms with E-state index < -0.39 is 0 Å². The predicted molar refractivity (Wildman–Crippen MR) is 595 cm³/mol. The van der Waals surface area contributed by atoms with E-state index in [1.54, 1.807) is 6.07 Å². The molecule has 21 nitrogen and oxygen atoms in total. The number of carbonyl (C=O) groups is 9. The van der Waals surface area contributed by atoms with Crippen LogP contribution in [0.3, 0.4) is 0 Å². The van der Waals surface area contributed by atoms with Gasteiger partial charge in [-0.2, -0.15) is 0 Å². The Labute approximate surface area is 878 Å². The first-order valence-corrected chi connectivity index (χ1v) is 61.1. The van der Waals surface area contributed by atoms with E-state index in [1.165, 1.54) is 38.5 Å². The Hall–Kier alpha value is -5.67. The molecule has 6 unspecified atom stereocenters. The second kappa shape index (κ2) is 99.6. The Morgan fingerprint density at radius 1 is 0.210 bits per heavy atom. The van der Waals surface area contributed by atoms with Crippen LogP contribution in [0.1, 0.15) is 597 Å². The minimum Gasteiger partial charge on any atom is -0.462 e. The molecule has 0 aliphatic heterocycles. The number of nitrogens with zero attached hydrogens (tertiary/aromatic N) is 3. The van der Waals surface area contributed by atoms with Crippen LogP contribution in [0.5, 0.6) is 0 Å². The first-order chi connectivity index (χ1) is 69.8. The normalized spacial score (nSPS) is 12.9. The summed E-state index contributed by atoms with van der Waals surface area (Å²) >= 11 is 0. The van der Waals surface area contributed by atoms with E-state index in [0.29, 0.717) is 75.7 Å². The maximum Gasteiger partial charge on any atom is 0.306 e. The van der Waals surface area contributed by atoms with Crippen molar-refractivity contribution < 1.29 is 71.6 Å². The molecule has 1 aromatic carbocycles. The van der Waals surface area contributed by atoms with Crippen molar-refractivity contribution in [3.05, 3.63) is 34.9 Å². The Bertz CT molecular complexity index is 2890. The third-order valence-corrected chi connectivity index (χ3v) is 28.9. The van der Waals surface area contributed by atoms with E-state index in [-0.39, 0.29) is 96.6 Å². The lowest BCUT2D eigenvalue weighted by Crippen LogP contribution is -2.32. The van der Waals surface area contributed by atoms with Crippen molar-refractivity contribution in [2.75, 3.05) is 78.5 Å². The molecule has 0 saturated heterocycles. The number of esters is 6. The van der Waals surface area contributed by atoms with Crippen molar-refractivity contribution in [2.45, 2.75) is 614 Å². The number of hydrogen-bond acceptors (Lipinski definition) is 18. The lowest BCUT2D eigenvalue weighted by Gasteiger charge is -2.23. The van der Waals surface area contributed by atoms with Crippen molar-refractivity contribution in [1.29, 1.82) is 0 Å². The van der Waals surface area contributed by atoms with Crippen LogP contribution in [0, 0.1) is 0 Å². The van der Waals surface area contributed by atoms with Gasteiger partial charge < -0.3 is 59.1 Å². The van der Waals surface area contributed by atoms with Crippen molar-refractivity contribution in [3.8, 4) is 0 Å². The molecule has 0 aliphatic rings. The first kappa shape index (κ1) is 135. The van der Waals surface area contributed by atoms with Crippen LogP contribution in [0.15, 0.2) is 18.2 Å². The van der Waals surface area contributed by atoms with Gasteiger partial charge in [0.2, 0.25) is 5.91 Å². The van der Waals surface area contributed by atoms with Gasteiger partial charge in [0.05, 0.1) is 0 Å². The maximum atomic E-state index is 14.6. The fourth-order valence-corrected chi connectivity index (χ4v) is 19.3. The summed E-state index contributed by atoms with van der Waals surface area (Å²) < 4.78 is 35.1. The van der Waals surface area contributed by atoms with Gasteiger partial charge in [-0.3, -0.25) is 43.2 Å². The number of unbranched alkanes of at least 4 members (excludes halogenated alkanes) is 42. The molecule has 0 heterocycles. The highest BCUT2D eigenvalue weighted by Crippen LogP contribution is 2.24. The molecule has 1 aromatic rings. The second-order valence-corrected chi connectivity index (χ2v) is 42.2. The highest BCUT2D eigenvalue weighted by molar-refractivity contribution is 6.00. The lowest BCUT2D eigenvalue weighted by molar-refractivity contribution is -0.150. The van der Waals surface area contributed by atoms with Crippen LogP contribution in [-0.4, -0.2) is 183 Å². The van der Waals surface area contributed by atoms with Crippen LogP contribution >= 0.6 is 0 Å². The first-order valence-electron chi connectivity index (χ1n) is 61.1. The van der Waals surface area contributed by atoms with Gasteiger partial charge in [0.1, 0.15) is 36.6 Å². The standard InChI is InChI=1S/C122H226N6O15/c1-13-25-55-76-108(19-7)138-115(130)82-61-43-31-37-49-67-93-126(94-68-50-38-32-44-62-83-116(131)139-109(20-8)77-56-26-14-2)99-73-90-123-114(129)89-88-105-102-106(121(136)124-91-74-100-127(95-69-51-39-33-45-63-84-117(132)140-110(21-9)78-57-27-15-3)96-70-52-40-34-46-64-85-118(133)141-111(22-10)79-58-28-16-4)104-107(103-105)122(137)125-92-75-101-128(97-71-53-41-35-47-65-86-119(134)142-112(23-11)80-59-29-17-5)98-72-54-42-36-48-66-87-120(135)143-113(24-12)81-60-30-18-6/h102-104,108-113H,13-101H2,1-12H3,(H,123,129)(H,124,136)(H,125,137). The third-order valence-electron chi connectivity index (χ3n) is 28.9. The van der Waals surface area contributed by atoms with Gasteiger partial charge in [-0.1, -0.05) is 314 Å². The smallest absolute Gasteiger partial charge is 0.306 e. The van der Waals surface area contributed by atoms with Gasteiger partial charge in [-0.25, -0.2) is 0 Å². The molecule has 0 aromatic heterocycles. The fourth-order valence-electron chi connectivity index (χ4n) is 19.3. The minimum atomic E-state index is -0.246. The molecular weight excluding hydrogens is 1790 g/mol. The van der Waals surface area contributed by atoms with Gasteiger partial charge in [-0.15, -0.1) is 0 Å². The summed E-state index contributed by atoms with van der Waals surface area (Å²) in [6.07, 6.45) is 75.1. The molecule has 0 radical (unpaired) electrons. The summed E-state index contributed by atoms with van der Waals surface area (Å²) in [6.45, 7) is 35.7. The summed E-state index contributed by atoms with van der Waals surface area (Å²) in [6, 6.07) is 5.44. The lowest BCUT2D eigenvalue weighted by atomic mass is 10.0. The van der Waals surface area contributed by atoms with E-state index in [4.69, 9.17) is 28.4 Å². The molecule has 0 aliphatic carbocycles. The van der Waals surface area contributed by atoms with E-state index in [9.17, 15) is 43.2 Å². The Kier molecular flexibility index (Phi) is 94.3. The Balaban J connectivity index is 3.46. The molecule has 1 rings (SSSR count). The molecule has 143 heavy (non-hydrogen) atoms. The van der Waals surface area contributed by atoms with Crippen molar-refractivity contribution in [3.63, 3.8) is 0 Å². The molecule has 0 bridgehead atoms. The average Bonchev–Trinajstić information content (AvgIpc) is 0.834. The zero-order chi connectivity index (χ0) is 105. The molecule has 3 amide bonds. The largest absolute Gasteiger partial charge is 0.462 e. The number of benzene rings is 1. The minimum absolute atomic E-state index is 0.0263. The second-order valence-electron chi connectivity index (χ2n) is 42.2. The van der Waals surface area contributed by atoms with Crippen molar-refractivity contribution in [2.24, 2.45) is 0 Å². The highest BCUT2D eigenvalue weighted by Gasteiger charge is 2.22. The van der Waals surface area contributed by atoms with Gasteiger partial charge in [0, 0.05) is 75.7 Å². The molecule has 0 spiro atoms. The summed E-state index contributed by atoms with van der Waals surface area (Å²) in [5.41, 5.74) is 1.56. The quantitative estimate of drug-likeness (QED) is 0.0311. The van der Waals surface area contributed by atoms with Crippen LogP contribution in [0.2, 0.25) is 0 Å². The molecule has 6 atom stereocenters. The summed E-state index contributed by atoms with van der Waals surface area (Å²) in [5.74, 6) is -0.917. The van der Waals surface area contributed by atoms with Gasteiger partial charge >= 0.3 is 35.8 Å². The van der Waals surface area contributed by atoms with Crippen molar-refractivity contribution >= 4 is 53.5 Å². The van der Waals surface area contributed by atoms with Gasteiger partial charge in [0.15, 0.2) is 0 Å². The Morgan fingerprint density at radius 3 is 0.587 bits per heavy atom. The van der Waals surface area contributed by atoms with E-state index in [1.807, 2.05) is 12.1 Å². The molecule has 0 fully saturated rings. The number of aryl methyl sites for hydroxylation is 1. The number of rotatable bonds is 107. The van der Waals surface area contributed by atoms with Crippen LogP contribution in [-0.2, 0) is 68.4 Å². The zero-order valence-electron chi connectivity index (χ0n) is 95.1. The highest BCUT2D eigenvalue weighted by atomic mass is 16.6. The number of amides is 3. The monoisotopic (exact) mass is 2020 g/mol. The molecule has 0 saturated carbocycles. The van der Waals surface area contributed by atoms with E-state index in [2.05, 4.69) is 114 Å². The average molecular weight is 2020 g/mol. The molecule has 3 N–H and O–H groups in total. The molecule has 21 heteroatoms. The van der Waals surface area contributed by atoms with Crippen LogP contribution in [0.4, 0.5) is 0 Å². The maximum absolute atomic E-state index is 14.6. The van der Waals surface area contributed by atoms with Gasteiger partial charge in [0.25, 0.3) is 11.8 Å². The van der Waals surface area contributed by atoms with Crippen LogP contribution < -0.4 is 16.0 Å². The fraction of sp³-hybridized carbons (Fsp3) is 0.877. The SMILES string of the molecule is CCCCCC(CC)OC(=O)CCCCCCCCN(CCCCCCCCC(=O)OC(CC)CCCCC)CCCNC(=O)CCc1cc(C(=O)NCCCN(CCCCCCCCC(=O)OC(CC)CCCCC)CCCCCCCCC(=O)OC(CC)CCCCC)cc(C(=O)NCCCN(CCCCCCCCC(=O)OC(CC)CCCCC)CCCCCCCCC(=O)OC(CC)CCCCC)c1. The number of carbonyl (C=O) groups excluding carboxylic acids is 9. The summed E-state index contributed by atoms with van der Waals surface area (Å²) in [5, 5.41) is 9.73. The predicted octanol–water partition coefficient (Wildman–Crippen LogP) is 31.1. The number of ether oxygens (including phenoxy) is 6. The number of hydrogen-bond donors (Lipinski definition) is 3.